The van der Waals surface area contributed by atoms with E-state index in [4.69, 9.17) is 0 Å². The van der Waals surface area contributed by atoms with Crippen LogP contribution >= 0.6 is 35.3 Å². The molecule has 0 aliphatic heterocycles. The highest BCUT2D eigenvalue weighted by Crippen LogP contribution is 2.18. The summed E-state index contributed by atoms with van der Waals surface area (Å²) in [6.07, 6.45) is 5.43. The first kappa shape index (κ1) is 14.7. The van der Waals surface area contributed by atoms with Crippen LogP contribution in [0.2, 0.25) is 0 Å². The Labute approximate surface area is 123 Å². The number of thiazole rings is 1. The normalized spacial score (nSPS) is 15.3. The standard InChI is InChI=1S/C11H18N4S.HI/c1-8-7-14-10(16-8)5-6-13-11(12-2)15-9-3-4-9;/h7,9H,3-6H2,1-2H3,(H2,12,13,15);1H. The molecule has 0 amide bonds. The minimum absolute atomic E-state index is 0. The predicted molar refractivity (Wildman–Crippen MR) is 83.5 cm³/mol. The first-order valence-corrected chi connectivity index (χ1v) is 6.48. The third kappa shape index (κ3) is 5.20. The van der Waals surface area contributed by atoms with E-state index in [0.29, 0.717) is 6.04 Å². The number of aryl methyl sites for hydroxylation is 1. The predicted octanol–water partition coefficient (Wildman–Crippen LogP) is 1.94. The van der Waals surface area contributed by atoms with Gasteiger partial charge in [-0.15, -0.1) is 35.3 Å². The summed E-state index contributed by atoms with van der Waals surface area (Å²) < 4.78 is 0. The summed E-state index contributed by atoms with van der Waals surface area (Å²) in [5.74, 6) is 0.913. The molecule has 1 aromatic rings. The van der Waals surface area contributed by atoms with Crippen molar-refractivity contribution < 1.29 is 0 Å². The number of guanidine groups is 1. The zero-order valence-electron chi connectivity index (χ0n) is 10.2. The van der Waals surface area contributed by atoms with Crippen molar-refractivity contribution in [3.63, 3.8) is 0 Å². The second-order valence-electron chi connectivity index (χ2n) is 4.03. The van der Waals surface area contributed by atoms with Gasteiger partial charge in [0.1, 0.15) is 0 Å². The quantitative estimate of drug-likeness (QED) is 0.487. The fourth-order valence-electron chi connectivity index (χ4n) is 1.42. The molecule has 0 aromatic carbocycles. The van der Waals surface area contributed by atoms with Crippen molar-refractivity contribution in [1.29, 1.82) is 0 Å². The van der Waals surface area contributed by atoms with Crippen LogP contribution in [0.4, 0.5) is 0 Å². The third-order valence-corrected chi connectivity index (χ3v) is 3.41. The Balaban J connectivity index is 0.00000144. The molecule has 2 rings (SSSR count). The van der Waals surface area contributed by atoms with Gasteiger partial charge in [-0.05, 0) is 19.8 Å². The van der Waals surface area contributed by atoms with Crippen LogP contribution < -0.4 is 10.6 Å². The highest BCUT2D eigenvalue weighted by molar-refractivity contribution is 14.0. The van der Waals surface area contributed by atoms with Gasteiger partial charge in [0.15, 0.2) is 5.96 Å². The van der Waals surface area contributed by atoms with Gasteiger partial charge >= 0.3 is 0 Å². The topological polar surface area (TPSA) is 49.3 Å². The van der Waals surface area contributed by atoms with E-state index in [1.54, 1.807) is 11.3 Å². The SMILES string of the molecule is CN=C(NCCc1ncc(C)s1)NC1CC1.I. The molecule has 96 valence electrons. The number of hydrogen-bond acceptors (Lipinski definition) is 3. The molecule has 17 heavy (non-hydrogen) atoms. The van der Waals surface area contributed by atoms with Gasteiger partial charge in [-0.2, -0.15) is 0 Å². The zero-order chi connectivity index (χ0) is 11.4. The van der Waals surface area contributed by atoms with Gasteiger partial charge in [-0.1, -0.05) is 0 Å². The number of nitrogens with one attached hydrogen (secondary N) is 2. The molecule has 0 atom stereocenters. The fraction of sp³-hybridized carbons (Fsp3) is 0.636. The van der Waals surface area contributed by atoms with Crippen LogP contribution in [0, 0.1) is 6.92 Å². The molecule has 1 aliphatic rings. The minimum atomic E-state index is 0. The lowest BCUT2D eigenvalue weighted by Crippen LogP contribution is -2.39. The lowest BCUT2D eigenvalue weighted by Gasteiger charge is -2.09. The number of nitrogens with zero attached hydrogens (tertiary/aromatic N) is 2. The van der Waals surface area contributed by atoms with Gasteiger partial charge in [0.25, 0.3) is 0 Å². The second-order valence-corrected chi connectivity index (χ2v) is 5.35. The second kappa shape index (κ2) is 7.15. The van der Waals surface area contributed by atoms with Crippen molar-refractivity contribution in [3.8, 4) is 0 Å². The van der Waals surface area contributed by atoms with Gasteiger partial charge in [0.2, 0.25) is 0 Å². The van der Waals surface area contributed by atoms with Crippen LogP contribution in [0.1, 0.15) is 22.7 Å². The zero-order valence-corrected chi connectivity index (χ0v) is 13.3. The molecule has 1 saturated carbocycles. The summed E-state index contributed by atoms with van der Waals surface area (Å²) in [7, 11) is 1.81. The van der Waals surface area contributed by atoms with Crippen molar-refractivity contribution in [2.75, 3.05) is 13.6 Å². The molecule has 0 saturated heterocycles. The molecule has 1 heterocycles. The van der Waals surface area contributed by atoms with E-state index >= 15 is 0 Å². The maximum Gasteiger partial charge on any atom is 0.191 e. The number of aliphatic imine (C=N–C) groups is 1. The van der Waals surface area contributed by atoms with E-state index in [2.05, 4.69) is 27.5 Å². The fourth-order valence-corrected chi connectivity index (χ4v) is 2.21. The lowest BCUT2D eigenvalue weighted by molar-refractivity contribution is 0.789. The van der Waals surface area contributed by atoms with Crippen molar-refractivity contribution in [1.82, 2.24) is 15.6 Å². The highest BCUT2D eigenvalue weighted by Gasteiger charge is 2.21. The summed E-state index contributed by atoms with van der Waals surface area (Å²) in [4.78, 5) is 9.79. The summed E-state index contributed by atoms with van der Waals surface area (Å²) >= 11 is 1.76. The van der Waals surface area contributed by atoms with Crippen LogP contribution in [0.25, 0.3) is 0 Å². The first-order valence-electron chi connectivity index (χ1n) is 5.66. The Morgan fingerprint density at radius 3 is 2.88 bits per heavy atom. The van der Waals surface area contributed by atoms with Crippen LogP contribution in [0.5, 0.6) is 0 Å². The molecule has 0 bridgehead atoms. The van der Waals surface area contributed by atoms with Crippen LogP contribution in [0.3, 0.4) is 0 Å². The van der Waals surface area contributed by atoms with Crippen LogP contribution in [0.15, 0.2) is 11.2 Å². The van der Waals surface area contributed by atoms with E-state index in [1.807, 2.05) is 13.2 Å². The maximum absolute atomic E-state index is 4.33. The molecule has 1 fully saturated rings. The maximum atomic E-state index is 4.33. The third-order valence-electron chi connectivity index (χ3n) is 2.44. The molecular formula is C11H19IN4S. The number of aromatic nitrogens is 1. The Bertz CT molecular complexity index is 373. The summed E-state index contributed by atoms with van der Waals surface area (Å²) in [5, 5.41) is 7.84. The Morgan fingerprint density at radius 1 is 1.59 bits per heavy atom. The van der Waals surface area contributed by atoms with Crippen molar-refractivity contribution in [2.45, 2.75) is 32.2 Å². The Hall–Kier alpha value is -0.370. The van der Waals surface area contributed by atoms with Crippen molar-refractivity contribution in [3.05, 3.63) is 16.1 Å². The molecule has 1 aromatic heterocycles. The van der Waals surface area contributed by atoms with Gasteiger partial charge in [0.05, 0.1) is 5.01 Å². The van der Waals surface area contributed by atoms with Crippen LogP contribution in [-0.2, 0) is 6.42 Å². The molecule has 4 nitrogen and oxygen atoms in total. The Morgan fingerprint density at radius 2 is 2.35 bits per heavy atom. The highest BCUT2D eigenvalue weighted by atomic mass is 127. The van der Waals surface area contributed by atoms with E-state index < -0.39 is 0 Å². The monoisotopic (exact) mass is 366 g/mol. The van der Waals surface area contributed by atoms with E-state index in [-0.39, 0.29) is 24.0 Å². The largest absolute Gasteiger partial charge is 0.356 e. The molecule has 2 N–H and O–H groups in total. The Kier molecular flexibility index (Phi) is 6.18. The van der Waals surface area contributed by atoms with Crippen molar-refractivity contribution in [2.24, 2.45) is 4.99 Å². The van der Waals surface area contributed by atoms with Crippen molar-refractivity contribution >= 4 is 41.3 Å². The molecule has 0 unspecified atom stereocenters. The average molecular weight is 366 g/mol. The lowest BCUT2D eigenvalue weighted by atomic mass is 10.4. The molecule has 0 spiro atoms. The number of hydrogen-bond donors (Lipinski definition) is 2. The summed E-state index contributed by atoms with van der Waals surface area (Å²) in [6, 6.07) is 0.647. The summed E-state index contributed by atoms with van der Waals surface area (Å²) in [6.45, 7) is 2.97. The smallest absolute Gasteiger partial charge is 0.191 e. The minimum Gasteiger partial charge on any atom is -0.356 e. The van der Waals surface area contributed by atoms with Gasteiger partial charge in [-0.3, -0.25) is 4.99 Å². The molecule has 6 heteroatoms. The first-order chi connectivity index (χ1) is 7.78. The van der Waals surface area contributed by atoms with Gasteiger partial charge in [-0.25, -0.2) is 4.98 Å². The average Bonchev–Trinajstić information content (AvgIpc) is 3.00. The molecular weight excluding hydrogens is 347 g/mol. The molecule has 0 radical (unpaired) electrons. The van der Waals surface area contributed by atoms with E-state index in [1.165, 1.54) is 22.7 Å². The van der Waals surface area contributed by atoms with Crippen LogP contribution in [-0.4, -0.2) is 30.6 Å². The number of halogens is 1. The summed E-state index contributed by atoms with van der Waals surface area (Å²) in [5.41, 5.74) is 0. The van der Waals surface area contributed by atoms with E-state index in [9.17, 15) is 0 Å². The number of rotatable bonds is 4. The molecule has 1 aliphatic carbocycles. The van der Waals surface area contributed by atoms with Gasteiger partial charge in [0, 0.05) is 37.1 Å². The van der Waals surface area contributed by atoms with Gasteiger partial charge < -0.3 is 10.6 Å². The van der Waals surface area contributed by atoms with E-state index in [0.717, 1.165) is 18.9 Å².